The Balaban J connectivity index is 1.75. The first-order valence-electron chi connectivity index (χ1n) is 10.0. The van der Waals surface area contributed by atoms with Crippen molar-refractivity contribution in [3.05, 3.63) is 0 Å². The van der Waals surface area contributed by atoms with E-state index in [1.165, 1.54) is 12.8 Å². The van der Waals surface area contributed by atoms with E-state index in [1.54, 1.807) is 13.8 Å². The van der Waals surface area contributed by atoms with Gasteiger partial charge in [0.2, 0.25) is 11.8 Å². The van der Waals surface area contributed by atoms with Gasteiger partial charge in [-0.05, 0) is 58.4 Å². The standard InChI is InChI=1S/C20H35N3O4/c1-19(2,13-27-17-7-5-6-10-26-17)15(21)11-16(24)23-18(25)20(3,4)22-12-14-8-9-14/h14,17,21-22H,5-13H2,1-4H3,(H,23,24,25). The first-order chi connectivity index (χ1) is 12.6. The molecule has 1 unspecified atom stereocenters. The first-order valence-corrected chi connectivity index (χ1v) is 10.0. The third-order valence-corrected chi connectivity index (χ3v) is 5.27. The second kappa shape index (κ2) is 9.26. The number of ether oxygens (including phenoxy) is 2. The summed E-state index contributed by atoms with van der Waals surface area (Å²) in [5.41, 5.74) is -1.16. The Bertz CT molecular complexity index is 549. The molecule has 1 atom stereocenters. The Morgan fingerprint density at radius 2 is 1.85 bits per heavy atom. The lowest BCUT2D eigenvalue weighted by molar-refractivity contribution is -0.171. The van der Waals surface area contributed by atoms with Crippen molar-refractivity contribution in [1.82, 2.24) is 10.6 Å². The highest BCUT2D eigenvalue weighted by Crippen LogP contribution is 2.28. The molecule has 1 aliphatic carbocycles. The van der Waals surface area contributed by atoms with Crippen LogP contribution in [0.2, 0.25) is 0 Å². The minimum Gasteiger partial charge on any atom is -0.353 e. The molecule has 27 heavy (non-hydrogen) atoms. The number of hydrogen-bond acceptors (Lipinski definition) is 6. The van der Waals surface area contributed by atoms with Gasteiger partial charge in [0, 0.05) is 17.7 Å². The molecule has 1 saturated carbocycles. The topological polar surface area (TPSA) is 101 Å². The molecule has 1 aliphatic heterocycles. The summed E-state index contributed by atoms with van der Waals surface area (Å²) in [5, 5.41) is 13.9. The van der Waals surface area contributed by atoms with Gasteiger partial charge in [0.1, 0.15) is 0 Å². The van der Waals surface area contributed by atoms with Gasteiger partial charge >= 0.3 is 0 Å². The summed E-state index contributed by atoms with van der Waals surface area (Å²) in [5.74, 6) is -0.159. The average Bonchev–Trinajstić information content (AvgIpc) is 3.43. The van der Waals surface area contributed by atoms with E-state index in [0.717, 1.165) is 25.8 Å². The molecule has 2 rings (SSSR count). The number of carbonyl (C=O) groups excluding carboxylic acids is 2. The molecule has 2 amide bonds. The van der Waals surface area contributed by atoms with Crippen LogP contribution in [0.25, 0.3) is 0 Å². The second-order valence-electron chi connectivity index (χ2n) is 8.97. The lowest BCUT2D eigenvalue weighted by Crippen LogP contribution is -2.54. The number of imide groups is 1. The summed E-state index contributed by atoms with van der Waals surface area (Å²) in [6, 6.07) is 0. The van der Waals surface area contributed by atoms with Gasteiger partial charge in [-0.15, -0.1) is 0 Å². The van der Waals surface area contributed by atoms with Crippen LogP contribution in [0, 0.1) is 16.7 Å². The zero-order valence-corrected chi connectivity index (χ0v) is 17.2. The molecule has 0 spiro atoms. The van der Waals surface area contributed by atoms with E-state index < -0.39 is 16.9 Å². The van der Waals surface area contributed by atoms with Crippen molar-refractivity contribution in [2.24, 2.45) is 11.3 Å². The maximum Gasteiger partial charge on any atom is 0.246 e. The quantitative estimate of drug-likeness (QED) is 0.505. The lowest BCUT2D eigenvalue weighted by Gasteiger charge is -2.30. The molecule has 1 heterocycles. The summed E-state index contributed by atoms with van der Waals surface area (Å²) in [6.45, 7) is 9.08. The van der Waals surface area contributed by atoms with Gasteiger partial charge in [0.05, 0.1) is 18.6 Å². The molecular formula is C20H35N3O4. The van der Waals surface area contributed by atoms with Crippen molar-refractivity contribution in [3.8, 4) is 0 Å². The van der Waals surface area contributed by atoms with Crippen LogP contribution in [-0.4, -0.2) is 49.1 Å². The van der Waals surface area contributed by atoms with E-state index in [4.69, 9.17) is 14.9 Å². The maximum atomic E-state index is 12.4. The fraction of sp³-hybridized carbons (Fsp3) is 0.850. The average molecular weight is 382 g/mol. The van der Waals surface area contributed by atoms with Crippen LogP contribution in [-0.2, 0) is 19.1 Å². The van der Waals surface area contributed by atoms with Gasteiger partial charge in [0.25, 0.3) is 0 Å². The monoisotopic (exact) mass is 381 g/mol. The highest BCUT2D eigenvalue weighted by Gasteiger charge is 2.33. The van der Waals surface area contributed by atoms with Crippen molar-refractivity contribution in [2.75, 3.05) is 19.8 Å². The molecular weight excluding hydrogens is 346 g/mol. The van der Waals surface area contributed by atoms with Crippen molar-refractivity contribution in [3.63, 3.8) is 0 Å². The van der Waals surface area contributed by atoms with Gasteiger partial charge < -0.3 is 20.2 Å². The molecule has 0 bridgehead atoms. The third-order valence-electron chi connectivity index (χ3n) is 5.27. The Hall–Kier alpha value is -1.31. The van der Waals surface area contributed by atoms with E-state index in [-0.39, 0.29) is 24.3 Å². The number of amides is 2. The van der Waals surface area contributed by atoms with Crippen molar-refractivity contribution in [2.45, 2.75) is 78.0 Å². The number of hydrogen-bond donors (Lipinski definition) is 3. The molecule has 3 N–H and O–H groups in total. The largest absolute Gasteiger partial charge is 0.353 e. The normalized spacial score (nSPS) is 21.0. The molecule has 2 aliphatic rings. The van der Waals surface area contributed by atoms with Crippen molar-refractivity contribution >= 4 is 17.5 Å². The van der Waals surface area contributed by atoms with Gasteiger partial charge in [-0.1, -0.05) is 13.8 Å². The zero-order valence-electron chi connectivity index (χ0n) is 17.2. The molecule has 7 heteroatoms. The third kappa shape index (κ3) is 7.31. The summed E-state index contributed by atoms with van der Waals surface area (Å²) in [4.78, 5) is 24.6. The minimum absolute atomic E-state index is 0.119. The van der Waals surface area contributed by atoms with E-state index in [1.807, 2.05) is 13.8 Å². The SMILES string of the molecule is CC(C)(COC1CCCCO1)C(=N)CC(=O)NC(=O)C(C)(C)NCC1CC1. The van der Waals surface area contributed by atoms with Gasteiger partial charge in [-0.25, -0.2) is 0 Å². The van der Waals surface area contributed by atoms with E-state index in [2.05, 4.69) is 10.6 Å². The molecule has 7 nitrogen and oxygen atoms in total. The molecule has 1 saturated heterocycles. The Labute approximate surface area is 162 Å². The van der Waals surface area contributed by atoms with E-state index in [0.29, 0.717) is 19.1 Å². The van der Waals surface area contributed by atoms with Crippen LogP contribution in [0.15, 0.2) is 0 Å². The van der Waals surface area contributed by atoms with Gasteiger partial charge in [-0.3, -0.25) is 14.9 Å². The first kappa shape index (κ1) is 22.0. The van der Waals surface area contributed by atoms with Crippen LogP contribution in [0.4, 0.5) is 0 Å². The molecule has 0 aromatic rings. The zero-order chi connectivity index (χ0) is 20.1. The van der Waals surface area contributed by atoms with Gasteiger partial charge in [0.15, 0.2) is 6.29 Å². The van der Waals surface area contributed by atoms with E-state index in [9.17, 15) is 9.59 Å². The highest BCUT2D eigenvalue weighted by atomic mass is 16.7. The number of nitrogens with one attached hydrogen (secondary N) is 3. The lowest BCUT2D eigenvalue weighted by atomic mass is 9.86. The summed E-state index contributed by atoms with van der Waals surface area (Å²) in [6.07, 6.45) is 5.05. The predicted octanol–water partition coefficient (Wildman–Crippen LogP) is 2.39. The second-order valence-corrected chi connectivity index (χ2v) is 8.97. The molecule has 154 valence electrons. The Kier molecular flexibility index (Phi) is 7.54. The van der Waals surface area contributed by atoms with Crippen molar-refractivity contribution < 1.29 is 19.1 Å². The Morgan fingerprint density at radius 3 is 2.44 bits per heavy atom. The van der Waals surface area contributed by atoms with E-state index >= 15 is 0 Å². The van der Waals surface area contributed by atoms with Crippen LogP contribution >= 0.6 is 0 Å². The van der Waals surface area contributed by atoms with Crippen LogP contribution in [0.3, 0.4) is 0 Å². The number of carbonyl (C=O) groups is 2. The summed E-state index contributed by atoms with van der Waals surface area (Å²) >= 11 is 0. The molecule has 0 aromatic carbocycles. The highest BCUT2D eigenvalue weighted by molar-refractivity contribution is 6.08. The van der Waals surface area contributed by atoms with Crippen LogP contribution in [0.1, 0.15) is 66.2 Å². The Morgan fingerprint density at radius 1 is 1.15 bits per heavy atom. The molecule has 0 aromatic heterocycles. The number of rotatable bonds is 10. The fourth-order valence-corrected chi connectivity index (χ4v) is 2.76. The molecule has 0 radical (unpaired) electrons. The predicted molar refractivity (Wildman–Crippen MR) is 104 cm³/mol. The fourth-order valence-electron chi connectivity index (χ4n) is 2.76. The smallest absolute Gasteiger partial charge is 0.246 e. The van der Waals surface area contributed by atoms with Crippen LogP contribution in [0.5, 0.6) is 0 Å². The maximum absolute atomic E-state index is 12.4. The van der Waals surface area contributed by atoms with Crippen LogP contribution < -0.4 is 10.6 Å². The van der Waals surface area contributed by atoms with Gasteiger partial charge in [-0.2, -0.15) is 0 Å². The van der Waals surface area contributed by atoms with Crippen molar-refractivity contribution in [1.29, 1.82) is 5.41 Å². The molecule has 2 fully saturated rings. The summed E-state index contributed by atoms with van der Waals surface area (Å²) < 4.78 is 11.3. The summed E-state index contributed by atoms with van der Waals surface area (Å²) in [7, 11) is 0. The minimum atomic E-state index is -0.808.